The van der Waals surface area contributed by atoms with Crippen molar-refractivity contribution in [2.75, 3.05) is 11.9 Å². The maximum absolute atomic E-state index is 5.48. The van der Waals surface area contributed by atoms with Gasteiger partial charge in [-0.15, -0.1) is 0 Å². The molecule has 0 N–H and O–H groups in total. The maximum Gasteiger partial charge on any atom is 0.132 e. The first-order chi connectivity index (χ1) is 6.77. The summed E-state index contributed by atoms with van der Waals surface area (Å²) in [4.78, 5) is 0. The van der Waals surface area contributed by atoms with E-state index >= 15 is 0 Å². The number of alkyl halides is 1. The van der Waals surface area contributed by atoms with Crippen molar-refractivity contribution in [3.8, 4) is 5.75 Å². The Bertz CT molecular complexity index is 289. The van der Waals surface area contributed by atoms with Crippen LogP contribution < -0.4 is 4.74 Å². The molecule has 0 bridgehead atoms. The molecule has 1 rings (SSSR count). The van der Waals surface area contributed by atoms with Gasteiger partial charge >= 0.3 is 0 Å². The highest BCUT2D eigenvalue weighted by molar-refractivity contribution is 14.1. The molecule has 0 aliphatic carbocycles. The van der Waals surface area contributed by atoms with Gasteiger partial charge in [0.15, 0.2) is 0 Å². The molecule has 0 saturated heterocycles. The number of aryl methyl sites for hydroxylation is 1. The molecule has 0 aliphatic heterocycles. The largest absolute Gasteiger partial charge is 0.493 e. The van der Waals surface area contributed by atoms with E-state index in [0.717, 1.165) is 24.1 Å². The van der Waals surface area contributed by atoms with Crippen molar-refractivity contribution in [1.82, 2.24) is 0 Å². The predicted molar refractivity (Wildman–Crippen MR) is 72.4 cm³/mol. The molecule has 0 fully saturated rings. The van der Waals surface area contributed by atoms with E-state index in [9.17, 15) is 0 Å². The molecule has 0 unspecified atom stereocenters. The number of hydrogen-bond acceptors (Lipinski definition) is 1. The van der Waals surface area contributed by atoms with Crippen molar-refractivity contribution in [1.29, 1.82) is 0 Å². The predicted octanol–water partition coefficient (Wildman–Crippen LogP) is 4.02. The van der Waals surface area contributed by atoms with Crippen LogP contribution in [0.1, 0.15) is 18.9 Å². The number of halogens is 2. The van der Waals surface area contributed by atoms with Gasteiger partial charge in [0.1, 0.15) is 5.75 Å². The van der Waals surface area contributed by atoms with Gasteiger partial charge in [-0.2, -0.15) is 0 Å². The summed E-state index contributed by atoms with van der Waals surface area (Å²) in [5.41, 5.74) is 1.39. The van der Waals surface area contributed by atoms with Crippen LogP contribution in [0.25, 0.3) is 0 Å². The van der Waals surface area contributed by atoms with Gasteiger partial charge in [-0.25, -0.2) is 0 Å². The van der Waals surface area contributed by atoms with Gasteiger partial charge in [0.2, 0.25) is 0 Å². The van der Waals surface area contributed by atoms with Crippen LogP contribution in [-0.2, 0) is 6.42 Å². The lowest BCUT2D eigenvalue weighted by Gasteiger charge is -2.07. The second kappa shape index (κ2) is 6.67. The standard InChI is InChI=1S/C11H14BrIO/c1-2-14-11-6-5-9(4-3-7-12)8-10(11)13/h5-6,8H,2-4,7H2,1H3. The van der Waals surface area contributed by atoms with Crippen LogP contribution >= 0.6 is 38.5 Å². The summed E-state index contributed by atoms with van der Waals surface area (Å²) in [6.07, 6.45) is 2.32. The first-order valence-electron chi connectivity index (χ1n) is 4.75. The van der Waals surface area contributed by atoms with Crippen molar-refractivity contribution in [3.05, 3.63) is 27.3 Å². The Labute approximate surface area is 107 Å². The molecule has 0 spiro atoms. The second-order valence-electron chi connectivity index (χ2n) is 2.99. The van der Waals surface area contributed by atoms with Gasteiger partial charge in [-0.3, -0.25) is 0 Å². The molecule has 1 aromatic rings. The number of benzene rings is 1. The normalized spacial score (nSPS) is 10.2. The van der Waals surface area contributed by atoms with Crippen LogP contribution in [0.15, 0.2) is 18.2 Å². The second-order valence-corrected chi connectivity index (χ2v) is 4.95. The van der Waals surface area contributed by atoms with Crippen LogP contribution in [0.2, 0.25) is 0 Å². The fourth-order valence-electron chi connectivity index (χ4n) is 1.24. The fourth-order valence-corrected chi connectivity index (χ4v) is 2.26. The molecule has 1 aromatic carbocycles. The topological polar surface area (TPSA) is 9.23 Å². The van der Waals surface area contributed by atoms with E-state index in [-0.39, 0.29) is 0 Å². The van der Waals surface area contributed by atoms with Crippen molar-refractivity contribution >= 4 is 38.5 Å². The molecular formula is C11H14BrIO. The molecule has 0 atom stereocenters. The van der Waals surface area contributed by atoms with Gasteiger partial charge in [0.25, 0.3) is 0 Å². The molecule has 1 nitrogen and oxygen atoms in total. The zero-order valence-corrected chi connectivity index (χ0v) is 12.0. The SMILES string of the molecule is CCOc1ccc(CCCBr)cc1I. The smallest absolute Gasteiger partial charge is 0.132 e. The molecule has 78 valence electrons. The summed E-state index contributed by atoms with van der Waals surface area (Å²) < 4.78 is 6.68. The van der Waals surface area contributed by atoms with Gasteiger partial charge in [-0.1, -0.05) is 22.0 Å². The van der Waals surface area contributed by atoms with E-state index in [1.807, 2.05) is 6.92 Å². The van der Waals surface area contributed by atoms with Gasteiger partial charge < -0.3 is 4.74 Å². The lowest BCUT2D eigenvalue weighted by Crippen LogP contribution is -1.95. The average molecular weight is 369 g/mol. The minimum Gasteiger partial charge on any atom is -0.493 e. The summed E-state index contributed by atoms with van der Waals surface area (Å²) in [6.45, 7) is 2.74. The number of hydrogen-bond donors (Lipinski definition) is 0. The molecule has 0 saturated carbocycles. The zero-order chi connectivity index (χ0) is 10.4. The fraction of sp³-hybridized carbons (Fsp3) is 0.455. The molecule has 0 radical (unpaired) electrons. The summed E-state index contributed by atoms with van der Waals surface area (Å²) in [5, 5.41) is 1.07. The van der Waals surface area contributed by atoms with E-state index in [2.05, 4.69) is 56.7 Å². The van der Waals surface area contributed by atoms with Gasteiger partial charge in [0, 0.05) is 5.33 Å². The van der Waals surface area contributed by atoms with Crippen molar-refractivity contribution in [3.63, 3.8) is 0 Å². The van der Waals surface area contributed by atoms with Gasteiger partial charge in [0.05, 0.1) is 10.2 Å². The minimum absolute atomic E-state index is 0.733. The van der Waals surface area contributed by atoms with Crippen LogP contribution in [0, 0.1) is 3.57 Å². The van der Waals surface area contributed by atoms with E-state index in [0.29, 0.717) is 0 Å². The lowest BCUT2D eigenvalue weighted by molar-refractivity contribution is 0.337. The molecule has 0 aromatic heterocycles. The van der Waals surface area contributed by atoms with Crippen LogP contribution in [0.5, 0.6) is 5.75 Å². The van der Waals surface area contributed by atoms with E-state index < -0.39 is 0 Å². The highest BCUT2D eigenvalue weighted by atomic mass is 127. The zero-order valence-electron chi connectivity index (χ0n) is 8.22. The van der Waals surface area contributed by atoms with Crippen LogP contribution in [0.4, 0.5) is 0 Å². The molecule has 0 heterocycles. The quantitative estimate of drug-likeness (QED) is 0.563. The third-order valence-electron chi connectivity index (χ3n) is 1.90. The Morgan fingerprint density at radius 1 is 1.43 bits per heavy atom. The third-order valence-corrected chi connectivity index (χ3v) is 3.30. The van der Waals surface area contributed by atoms with E-state index in [1.165, 1.54) is 15.6 Å². The van der Waals surface area contributed by atoms with Crippen molar-refractivity contribution in [2.24, 2.45) is 0 Å². The maximum atomic E-state index is 5.48. The highest BCUT2D eigenvalue weighted by Crippen LogP contribution is 2.22. The van der Waals surface area contributed by atoms with Crippen LogP contribution in [0.3, 0.4) is 0 Å². The van der Waals surface area contributed by atoms with E-state index in [4.69, 9.17) is 4.74 Å². The first-order valence-corrected chi connectivity index (χ1v) is 6.95. The molecule has 3 heteroatoms. The highest BCUT2D eigenvalue weighted by Gasteiger charge is 2.01. The Morgan fingerprint density at radius 3 is 2.79 bits per heavy atom. The molecule has 0 amide bonds. The summed E-state index contributed by atoms with van der Waals surface area (Å²) >= 11 is 5.76. The Balaban J connectivity index is 2.68. The average Bonchev–Trinajstić information content (AvgIpc) is 2.19. The first kappa shape index (κ1) is 12.3. The summed E-state index contributed by atoms with van der Waals surface area (Å²) in [5.74, 6) is 0.996. The number of rotatable bonds is 5. The Morgan fingerprint density at radius 2 is 2.21 bits per heavy atom. The summed E-state index contributed by atoms with van der Waals surface area (Å²) in [6, 6.07) is 6.42. The number of ether oxygens (including phenoxy) is 1. The summed E-state index contributed by atoms with van der Waals surface area (Å²) in [7, 11) is 0. The Kier molecular flexibility index (Phi) is 5.86. The van der Waals surface area contributed by atoms with Crippen molar-refractivity contribution in [2.45, 2.75) is 19.8 Å². The molecular weight excluding hydrogens is 355 g/mol. The van der Waals surface area contributed by atoms with E-state index in [1.54, 1.807) is 0 Å². The van der Waals surface area contributed by atoms with Crippen molar-refractivity contribution < 1.29 is 4.74 Å². The monoisotopic (exact) mass is 368 g/mol. The lowest BCUT2D eigenvalue weighted by atomic mass is 10.1. The molecule has 0 aliphatic rings. The molecule has 14 heavy (non-hydrogen) atoms. The van der Waals surface area contributed by atoms with Crippen LogP contribution in [-0.4, -0.2) is 11.9 Å². The van der Waals surface area contributed by atoms with Gasteiger partial charge in [-0.05, 0) is 60.1 Å². The third kappa shape index (κ3) is 3.77. The minimum atomic E-state index is 0.733. The Hall–Kier alpha value is 0.230.